The summed E-state index contributed by atoms with van der Waals surface area (Å²) in [6, 6.07) is 6.71. The molecule has 7 heteroatoms. The van der Waals surface area contributed by atoms with Crippen molar-refractivity contribution in [3.63, 3.8) is 0 Å². The number of halogens is 4. The van der Waals surface area contributed by atoms with Crippen molar-refractivity contribution in [2.75, 3.05) is 13.7 Å². The summed E-state index contributed by atoms with van der Waals surface area (Å²) >= 11 is 5.80. The van der Waals surface area contributed by atoms with Gasteiger partial charge < -0.3 is 10.1 Å². The lowest BCUT2D eigenvalue weighted by atomic mass is 10.1. The Hall–Kier alpha value is -1.27. The van der Waals surface area contributed by atoms with Crippen LogP contribution in [0.2, 0.25) is 5.02 Å². The smallest absolute Gasteiger partial charge is 0.375 e. The van der Waals surface area contributed by atoms with E-state index in [-0.39, 0.29) is 6.54 Å². The first-order chi connectivity index (χ1) is 8.81. The van der Waals surface area contributed by atoms with Gasteiger partial charge in [0.25, 0.3) is 0 Å². The van der Waals surface area contributed by atoms with Crippen LogP contribution >= 0.6 is 11.6 Å². The molecule has 1 aromatic carbocycles. The maximum Gasteiger partial charge on any atom is 0.397 e. The molecule has 1 unspecified atom stereocenters. The molecule has 0 spiro atoms. The number of carbonyl (C=O) groups is 1. The maximum atomic E-state index is 12.0. The highest BCUT2D eigenvalue weighted by atomic mass is 35.5. The highest BCUT2D eigenvalue weighted by Crippen LogP contribution is 2.21. The van der Waals surface area contributed by atoms with Gasteiger partial charge in [-0.25, -0.2) is 0 Å². The van der Waals surface area contributed by atoms with Gasteiger partial charge in [0, 0.05) is 18.7 Å². The lowest BCUT2D eigenvalue weighted by Crippen LogP contribution is -2.32. The molecule has 3 nitrogen and oxygen atoms in total. The molecular weight excluding hydrogens is 283 g/mol. The van der Waals surface area contributed by atoms with E-state index >= 15 is 0 Å². The first-order valence-corrected chi connectivity index (χ1v) is 5.81. The number of benzene rings is 1. The van der Waals surface area contributed by atoms with Crippen LogP contribution in [0.4, 0.5) is 13.2 Å². The standard InChI is InChI=1S/C12H13ClF3NO2/c1-19-10(8-3-2-4-9(13)5-8)7-17-11(18)6-12(14,15)16/h2-5,10H,6-7H2,1H3,(H,17,18). The Balaban J connectivity index is 2.56. The van der Waals surface area contributed by atoms with Gasteiger partial charge in [0.1, 0.15) is 6.42 Å². The molecule has 0 bridgehead atoms. The first kappa shape index (κ1) is 15.8. The fourth-order valence-corrected chi connectivity index (χ4v) is 1.69. The Labute approximate surface area is 113 Å². The van der Waals surface area contributed by atoms with Crippen LogP contribution in [0.25, 0.3) is 0 Å². The number of hydrogen-bond donors (Lipinski definition) is 1. The van der Waals surface area contributed by atoms with Crippen molar-refractivity contribution < 1.29 is 22.7 Å². The van der Waals surface area contributed by atoms with E-state index in [1.54, 1.807) is 24.3 Å². The van der Waals surface area contributed by atoms with Crippen molar-refractivity contribution in [1.29, 1.82) is 0 Å². The highest BCUT2D eigenvalue weighted by molar-refractivity contribution is 6.30. The van der Waals surface area contributed by atoms with Crippen LogP contribution in [-0.4, -0.2) is 25.7 Å². The first-order valence-electron chi connectivity index (χ1n) is 5.43. The molecule has 0 aliphatic carbocycles. The van der Waals surface area contributed by atoms with Crippen LogP contribution in [-0.2, 0) is 9.53 Å². The Morgan fingerprint density at radius 1 is 1.47 bits per heavy atom. The zero-order valence-corrected chi connectivity index (χ0v) is 10.9. The fraction of sp³-hybridized carbons (Fsp3) is 0.417. The Morgan fingerprint density at radius 3 is 2.68 bits per heavy atom. The SMILES string of the molecule is COC(CNC(=O)CC(F)(F)F)c1cccc(Cl)c1. The molecule has 0 aliphatic heterocycles. The lowest BCUT2D eigenvalue weighted by molar-refractivity contribution is -0.154. The monoisotopic (exact) mass is 295 g/mol. The second-order valence-electron chi connectivity index (χ2n) is 3.88. The van der Waals surface area contributed by atoms with Crippen LogP contribution < -0.4 is 5.32 Å². The van der Waals surface area contributed by atoms with E-state index in [4.69, 9.17) is 16.3 Å². The molecule has 0 radical (unpaired) electrons. The molecule has 0 fully saturated rings. The van der Waals surface area contributed by atoms with Gasteiger partial charge in [-0.1, -0.05) is 23.7 Å². The molecule has 1 aromatic rings. The van der Waals surface area contributed by atoms with Gasteiger partial charge >= 0.3 is 6.18 Å². The molecule has 0 saturated carbocycles. The van der Waals surface area contributed by atoms with Gasteiger partial charge in [-0.05, 0) is 17.7 Å². The number of carbonyl (C=O) groups excluding carboxylic acids is 1. The molecule has 1 amide bonds. The van der Waals surface area contributed by atoms with Gasteiger partial charge in [-0.3, -0.25) is 4.79 Å². The predicted octanol–water partition coefficient (Wildman–Crippen LogP) is 3.10. The third-order valence-corrected chi connectivity index (χ3v) is 2.59. The maximum absolute atomic E-state index is 12.0. The molecule has 0 aromatic heterocycles. The summed E-state index contributed by atoms with van der Waals surface area (Å²) in [6.45, 7) is -0.0498. The predicted molar refractivity (Wildman–Crippen MR) is 64.9 cm³/mol. The second kappa shape index (κ2) is 6.77. The summed E-state index contributed by atoms with van der Waals surface area (Å²) < 4.78 is 41.1. The number of rotatable bonds is 5. The van der Waals surface area contributed by atoms with E-state index in [0.717, 1.165) is 0 Å². The zero-order chi connectivity index (χ0) is 14.5. The number of amides is 1. The largest absolute Gasteiger partial charge is 0.397 e. The minimum atomic E-state index is -4.51. The number of alkyl halides is 3. The van der Waals surface area contributed by atoms with Crippen molar-refractivity contribution in [3.05, 3.63) is 34.9 Å². The van der Waals surface area contributed by atoms with Gasteiger partial charge in [0.05, 0.1) is 6.10 Å². The third-order valence-electron chi connectivity index (χ3n) is 2.35. The normalized spacial score (nSPS) is 13.1. The summed E-state index contributed by atoms with van der Waals surface area (Å²) in [7, 11) is 1.40. The zero-order valence-electron chi connectivity index (χ0n) is 10.1. The quantitative estimate of drug-likeness (QED) is 0.906. The summed E-state index contributed by atoms with van der Waals surface area (Å²) in [6.07, 6.45) is -6.56. The molecule has 19 heavy (non-hydrogen) atoms. The van der Waals surface area contributed by atoms with E-state index in [1.165, 1.54) is 7.11 Å². The van der Waals surface area contributed by atoms with E-state index in [1.807, 2.05) is 0 Å². The van der Waals surface area contributed by atoms with E-state index in [9.17, 15) is 18.0 Å². The van der Waals surface area contributed by atoms with E-state index < -0.39 is 24.6 Å². The molecule has 106 valence electrons. The lowest BCUT2D eigenvalue weighted by Gasteiger charge is -2.17. The van der Waals surface area contributed by atoms with Gasteiger partial charge in [-0.2, -0.15) is 13.2 Å². The van der Waals surface area contributed by atoms with Gasteiger partial charge in [0.2, 0.25) is 5.91 Å². The van der Waals surface area contributed by atoms with Crippen molar-refractivity contribution in [2.45, 2.75) is 18.7 Å². The van der Waals surface area contributed by atoms with E-state index in [2.05, 4.69) is 5.32 Å². The summed E-state index contributed by atoms with van der Waals surface area (Å²) in [5.74, 6) is -1.09. The van der Waals surface area contributed by atoms with Crippen molar-refractivity contribution in [3.8, 4) is 0 Å². The molecule has 1 atom stereocenters. The summed E-state index contributed by atoms with van der Waals surface area (Å²) in [5.41, 5.74) is 0.683. The van der Waals surface area contributed by atoms with Crippen LogP contribution in [0.15, 0.2) is 24.3 Å². The minimum Gasteiger partial charge on any atom is -0.375 e. The Kier molecular flexibility index (Phi) is 5.62. The third kappa shape index (κ3) is 5.94. The number of ether oxygens (including phenoxy) is 1. The number of hydrogen-bond acceptors (Lipinski definition) is 2. The van der Waals surface area contributed by atoms with Crippen LogP contribution in [0.5, 0.6) is 0 Å². The number of nitrogens with one attached hydrogen (secondary N) is 1. The van der Waals surface area contributed by atoms with E-state index in [0.29, 0.717) is 10.6 Å². The minimum absolute atomic E-state index is 0.0498. The topological polar surface area (TPSA) is 38.3 Å². The second-order valence-corrected chi connectivity index (χ2v) is 4.31. The molecule has 0 aliphatic rings. The summed E-state index contributed by atoms with van der Waals surface area (Å²) in [5, 5.41) is 2.67. The van der Waals surface area contributed by atoms with Gasteiger partial charge in [-0.15, -0.1) is 0 Å². The summed E-state index contributed by atoms with van der Waals surface area (Å²) in [4.78, 5) is 11.1. The van der Waals surface area contributed by atoms with Crippen molar-refractivity contribution in [1.82, 2.24) is 5.32 Å². The molecule has 1 N–H and O–H groups in total. The molecule has 1 rings (SSSR count). The van der Waals surface area contributed by atoms with Gasteiger partial charge in [0.15, 0.2) is 0 Å². The molecule has 0 saturated heterocycles. The average Bonchev–Trinajstić information content (AvgIpc) is 2.27. The average molecular weight is 296 g/mol. The van der Waals surface area contributed by atoms with Crippen LogP contribution in [0.3, 0.4) is 0 Å². The highest BCUT2D eigenvalue weighted by Gasteiger charge is 2.31. The van der Waals surface area contributed by atoms with Crippen molar-refractivity contribution >= 4 is 17.5 Å². The number of methoxy groups -OCH3 is 1. The molecule has 0 heterocycles. The van der Waals surface area contributed by atoms with Crippen molar-refractivity contribution in [2.24, 2.45) is 0 Å². The molecular formula is C12H13ClF3NO2. The van der Waals surface area contributed by atoms with Crippen LogP contribution in [0, 0.1) is 0 Å². The Morgan fingerprint density at radius 2 is 2.16 bits per heavy atom. The van der Waals surface area contributed by atoms with Crippen LogP contribution in [0.1, 0.15) is 18.1 Å². The fourth-order valence-electron chi connectivity index (χ4n) is 1.50. The Bertz CT molecular complexity index is 437.